The van der Waals surface area contributed by atoms with Gasteiger partial charge in [0, 0.05) is 17.7 Å². The Hall–Kier alpha value is -2.90. The summed E-state index contributed by atoms with van der Waals surface area (Å²) in [4.78, 5) is 27.6. The van der Waals surface area contributed by atoms with Crippen LogP contribution >= 0.6 is 23.2 Å². The Morgan fingerprint density at radius 3 is 2.21 bits per heavy atom. The number of ketones is 1. The van der Waals surface area contributed by atoms with Crippen LogP contribution in [0, 0.1) is 0 Å². The minimum absolute atomic E-state index is 0.0834. The average Bonchev–Trinajstić information content (AvgIpc) is 3.05. The molecule has 0 saturated carbocycles. The van der Waals surface area contributed by atoms with Gasteiger partial charge in [0.15, 0.2) is 17.2 Å². The van der Waals surface area contributed by atoms with E-state index in [0.29, 0.717) is 30.0 Å². The zero-order valence-electron chi connectivity index (χ0n) is 18.8. The largest absolute Gasteiger partial charge is 0.507 e. The number of unbranched alkanes of at least 4 members (excludes halogenated alkanes) is 1. The van der Waals surface area contributed by atoms with Gasteiger partial charge in [0.05, 0.1) is 43.0 Å². The lowest BCUT2D eigenvalue weighted by Crippen LogP contribution is -2.30. The van der Waals surface area contributed by atoms with Crippen LogP contribution in [0.15, 0.2) is 35.9 Å². The summed E-state index contributed by atoms with van der Waals surface area (Å²) in [5.74, 6) is -0.859. The van der Waals surface area contributed by atoms with Gasteiger partial charge in [-0.3, -0.25) is 9.59 Å². The van der Waals surface area contributed by atoms with Gasteiger partial charge in [-0.2, -0.15) is 0 Å². The molecular formula is C24H25Cl2NO6. The van der Waals surface area contributed by atoms with Gasteiger partial charge in [-0.15, -0.1) is 0 Å². The highest BCUT2D eigenvalue weighted by Gasteiger charge is 2.47. The standard InChI is InChI=1S/C24H25Cl2NO6/c1-5-6-10-27-19(14-8-7-9-17(31-2)22(14)32-3)18(21(29)24(27)30)20(28)13-11-15(25)23(33-4)16(26)12-13/h7-9,11-12,19,28H,5-6,10H2,1-4H3/b20-18+. The quantitative estimate of drug-likeness (QED) is 0.307. The molecule has 33 heavy (non-hydrogen) atoms. The third-order valence-corrected chi connectivity index (χ3v) is 6.06. The van der Waals surface area contributed by atoms with Crippen LogP contribution in [0.4, 0.5) is 0 Å². The number of aliphatic hydroxyl groups excluding tert-OH is 1. The summed E-state index contributed by atoms with van der Waals surface area (Å²) >= 11 is 12.5. The Labute approximate surface area is 202 Å². The van der Waals surface area contributed by atoms with Crippen molar-refractivity contribution in [2.45, 2.75) is 25.8 Å². The number of hydrogen-bond acceptors (Lipinski definition) is 6. The molecule has 1 aliphatic rings. The van der Waals surface area contributed by atoms with E-state index >= 15 is 0 Å². The summed E-state index contributed by atoms with van der Waals surface area (Å²) in [6, 6.07) is 7.16. The van der Waals surface area contributed by atoms with Crippen molar-refractivity contribution in [2.24, 2.45) is 0 Å². The van der Waals surface area contributed by atoms with Crippen molar-refractivity contribution in [3.63, 3.8) is 0 Å². The molecule has 0 aliphatic carbocycles. The van der Waals surface area contributed by atoms with Gasteiger partial charge in [-0.1, -0.05) is 48.7 Å². The number of methoxy groups -OCH3 is 3. The second kappa shape index (κ2) is 10.4. The molecule has 2 aromatic rings. The lowest BCUT2D eigenvalue weighted by molar-refractivity contribution is -0.139. The van der Waals surface area contributed by atoms with Crippen LogP contribution < -0.4 is 14.2 Å². The van der Waals surface area contributed by atoms with E-state index in [1.807, 2.05) is 6.92 Å². The van der Waals surface area contributed by atoms with E-state index < -0.39 is 23.5 Å². The molecule has 1 heterocycles. The van der Waals surface area contributed by atoms with Crippen molar-refractivity contribution in [3.8, 4) is 17.2 Å². The van der Waals surface area contributed by atoms with Crippen molar-refractivity contribution in [3.05, 3.63) is 57.1 Å². The smallest absolute Gasteiger partial charge is 0.295 e. The number of hydrogen-bond donors (Lipinski definition) is 1. The molecule has 1 atom stereocenters. The lowest BCUT2D eigenvalue weighted by atomic mass is 9.94. The summed E-state index contributed by atoms with van der Waals surface area (Å²) in [6.45, 7) is 2.31. The van der Waals surface area contributed by atoms with Crippen LogP contribution in [0.1, 0.15) is 36.9 Å². The number of halogens is 2. The molecule has 2 aromatic carbocycles. The summed E-state index contributed by atoms with van der Waals surface area (Å²) in [7, 11) is 4.39. The van der Waals surface area contributed by atoms with Gasteiger partial charge in [0.25, 0.3) is 11.7 Å². The first-order chi connectivity index (χ1) is 15.8. The van der Waals surface area contributed by atoms with Crippen LogP contribution in [0.2, 0.25) is 10.0 Å². The zero-order chi connectivity index (χ0) is 24.3. The maximum absolute atomic E-state index is 13.2. The normalized spacial score (nSPS) is 17.4. The van der Waals surface area contributed by atoms with E-state index in [-0.39, 0.29) is 26.9 Å². The fourth-order valence-electron chi connectivity index (χ4n) is 3.94. The Kier molecular flexibility index (Phi) is 7.76. The van der Waals surface area contributed by atoms with E-state index in [0.717, 1.165) is 6.42 Å². The predicted molar refractivity (Wildman–Crippen MR) is 126 cm³/mol. The van der Waals surface area contributed by atoms with Gasteiger partial charge in [-0.05, 0) is 24.6 Å². The van der Waals surface area contributed by atoms with E-state index in [1.165, 1.54) is 38.4 Å². The van der Waals surface area contributed by atoms with Crippen molar-refractivity contribution in [1.29, 1.82) is 0 Å². The molecule has 7 nitrogen and oxygen atoms in total. The van der Waals surface area contributed by atoms with Crippen molar-refractivity contribution in [2.75, 3.05) is 27.9 Å². The number of rotatable bonds is 8. The number of nitrogens with zero attached hydrogens (tertiary/aromatic N) is 1. The van der Waals surface area contributed by atoms with Gasteiger partial charge in [0.1, 0.15) is 5.76 Å². The number of para-hydroxylation sites is 1. The van der Waals surface area contributed by atoms with E-state index in [1.54, 1.807) is 18.2 Å². The first kappa shape index (κ1) is 24.7. The molecule has 1 amide bonds. The number of likely N-dealkylation sites (tertiary alicyclic amines) is 1. The maximum Gasteiger partial charge on any atom is 0.295 e. The van der Waals surface area contributed by atoms with Gasteiger partial charge in [0.2, 0.25) is 0 Å². The summed E-state index contributed by atoms with van der Waals surface area (Å²) in [5, 5.41) is 11.5. The fraction of sp³-hybridized carbons (Fsp3) is 0.333. The van der Waals surface area contributed by atoms with Crippen LogP contribution in [0.3, 0.4) is 0 Å². The minimum atomic E-state index is -0.888. The summed E-state index contributed by atoms with van der Waals surface area (Å²) in [5.41, 5.74) is 0.616. The summed E-state index contributed by atoms with van der Waals surface area (Å²) < 4.78 is 16.1. The number of carbonyl (C=O) groups is 2. The van der Waals surface area contributed by atoms with Crippen molar-refractivity contribution < 1.29 is 28.9 Å². The SMILES string of the molecule is CCCCN1C(=O)C(=O)/C(=C(/O)c2cc(Cl)c(OC)c(Cl)c2)C1c1cccc(OC)c1OC. The molecule has 1 saturated heterocycles. The third kappa shape index (κ3) is 4.48. The number of benzene rings is 2. The number of amides is 1. The number of carbonyl (C=O) groups excluding carboxylic acids is 2. The molecule has 9 heteroatoms. The molecule has 0 radical (unpaired) electrons. The van der Waals surface area contributed by atoms with Crippen LogP contribution in [-0.2, 0) is 9.59 Å². The third-order valence-electron chi connectivity index (χ3n) is 5.50. The van der Waals surface area contributed by atoms with E-state index in [4.69, 9.17) is 37.4 Å². The maximum atomic E-state index is 13.2. The zero-order valence-corrected chi connectivity index (χ0v) is 20.3. The van der Waals surface area contributed by atoms with E-state index in [9.17, 15) is 14.7 Å². The van der Waals surface area contributed by atoms with Crippen molar-refractivity contribution >= 4 is 40.7 Å². The monoisotopic (exact) mass is 493 g/mol. The topological polar surface area (TPSA) is 85.3 Å². The second-order valence-electron chi connectivity index (χ2n) is 7.40. The Morgan fingerprint density at radius 1 is 1.03 bits per heavy atom. The van der Waals surface area contributed by atoms with Crippen molar-refractivity contribution in [1.82, 2.24) is 4.90 Å². The highest BCUT2D eigenvalue weighted by molar-refractivity contribution is 6.46. The number of aliphatic hydroxyl groups is 1. The van der Waals surface area contributed by atoms with Gasteiger partial charge in [-0.25, -0.2) is 0 Å². The molecular weight excluding hydrogens is 469 g/mol. The second-order valence-corrected chi connectivity index (χ2v) is 8.22. The van der Waals surface area contributed by atoms with Gasteiger partial charge < -0.3 is 24.2 Å². The Bertz CT molecular complexity index is 1090. The van der Waals surface area contributed by atoms with Crippen LogP contribution in [-0.4, -0.2) is 49.6 Å². The minimum Gasteiger partial charge on any atom is -0.507 e. The molecule has 0 spiro atoms. The molecule has 0 aromatic heterocycles. The molecule has 1 aliphatic heterocycles. The predicted octanol–water partition coefficient (Wildman–Crippen LogP) is 5.24. The first-order valence-corrected chi connectivity index (χ1v) is 11.1. The highest BCUT2D eigenvalue weighted by atomic mass is 35.5. The van der Waals surface area contributed by atoms with E-state index in [2.05, 4.69) is 0 Å². The molecule has 3 rings (SSSR count). The molecule has 176 valence electrons. The summed E-state index contributed by atoms with van der Waals surface area (Å²) in [6.07, 6.45) is 1.49. The molecule has 1 unspecified atom stereocenters. The number of Topliss-reactive ketones (excluding diaryl/α,β-unsaturated/α-hetero) is 1. The number of ether oxygens (including phenoxy) is 3. The molecule has 1 fully saturated rings. The first-order valence-electron chi connectivity index (χ1n) is 10.3. The average molecular weight is 494 g/mol. The van der Waals surface area contributed by atoms with Gasteiger partial charge >= 0.3 is 0 Å². The fourth-order valence-corrected chi connectivity index (χ4v) is 4.58. The van der Waals surface area contributed by atoms with Crippen LogP contribution in [0.5, 0.6) is 17.2 Å². The molecule has 0 bridgehead atoms. The van der Waals surface area contributed by atoms with Crippen LogP contribution in [0.25, 0.3) is 5.76 Å². The lowest BCUT2D eigenvalue weighted by Gasteiger charge is -2.27. The molecule has 1 N–H and O–H groups in total. The Balaban J connectivity index is 2.28. The Morgan fingerprint density at radius 2 is 1.67 bits per heavy atom. The highest BCUT2D eigenvalue weighted by Crippen LogP contribution is 2.46.